The van der Waals surface area contributed by atoms with Crippen molar-refractivity contribution in [3.8, 4) is 11.5 Å². The van der Waals surface area contributed by atoms with Crippen molar-refractivity contribution in [2.24, 2.45) is 0 Å². The third-order valence-electron chi connectivity index (χ3n) is 3.54. The van der Waals surface area contributed by atoms with Crippen molar-refractivity contribution < 1.29 is 19.4 Å². The lowest BCUT2D eigenvalue weighted by atomic mass is 10.1. The SMILES string of the molecule is COc1ccc(CCNC(=S)Nc2ccc(C(=O)O)cc2)cc1OC. The average molecular weight is 360 g/mol. The van der Waals surface area contributed by atoms with Crippen LogP contribution in [-0.4, -0.2) is 37.0 Å². The summed E-state index contributed by atoms with van der Waals surface area (Å²) in [6.45, 7) is 0.647. The van der Waals surface area contributed by atoms with Gasteiger partial charge in [-0.05, 0) is 60.6 Å². The maximum atomic E-state index is 10.8. The summed E-state index contributed by atoms with van der Waals surface area (Å²) >= 11 is 5.24. The van der Waals surface area contributed by atoms with Crippen LogP contribution < -0.4 is 20.1 Å². The van der Waals surface area contributed by atoms with Gasteiger partial charge in [0.2, 0.25) is 0 Å². The fraction of sp³-hybridized carbons (Fsp3) is 0.222. The fourth-order valence-corrected chi connectivity index (χ4v) is 2.45. The largest absolute Gasteiger partial charge is 0.493 e. The van der Waals surface area contributed by atoms with Gasteiger partial charge < -0.3 is 25.2 Å². The first kappa shape index (κ1) is 18.5. The normalized spacial score (nSPS) is 10.0. The highest BCUT2D eigenvalue weighted by molar-refractivity contribution is 7.80. The zero-order chi connectivity index (χ0) is 18.2. The molecule has 25 heavy (non-hydrogen) atoms. The Hall–Kier alpha value is -2.80. The Morgan fingerprint density at radius 2 is 1.76 bits per heavy atom. The zero-order valence-electron chi connectivity index (χ0n) is 14.0. The Kier molecular flexibility index (Phi) is 6.59. The minimum atomic E-state index is -0.956. The topological polar surface area (TPSA) is 79.8 Å². The van der Waals surface area contributed by atoms with Gasteiger partial charge in [-0.2, -0.15) is 0 Å². The van der Waals surface area contributed by atoms with Crippen LogP contribution in [0.15, 0.2) is 42.5 Å². The summed E-state index contributed by atoms with van der Waals surface area (Å²) < 4.78 is 10.5. The number of carboxylic acids is 1. The van der Waals surface area contributed by atoms with Crippen LogP contribution in [0.5, 0.6) is 11.5 Å². The second-order valence-corrected chi connectivity index (χ2v) is 5.61. The Labute approximate surface area is 151 Å². The van der Waals surface area contributed by atoms with E-state index >= 15 is 0 Å². The number of thiocarbonyl (C=S) groups is 1. The van der Waals surface area contributed by atoms with Gasteiger partial charge in [-0.3, -0.25) is 0 Å². The zero-order valence-corrected chi connectivity index (χ0v) is 14.9. The van der Waals surface area contributed by atoms with Gasteiger partial charge in [0.15, 0.2) is 16.6 Å². The lowest BCUT2D eigenvalue weighted by molar-refractivity contribution is 0.0697. The van der Waals surface area contributed by atoms with Crippen LogP contribution >= 0.6 is 12.2 Å². The molecule has 0 fully saturated rings. The third-order valence-corrected chi connectivity index (χ3v) is 3.78. The number of ether oxygens (including phenoxy) is 2. The van der Waals surface area contributed by atoms with Crippen molar-refractivity contribution in [2.45, 2.75) is 6.42 Å². The summed E-state index contributed by atoms with van der Waals surface area (Å²) in [4.78, 5) is 10.8. The van der Waals surface area contributed by atoms with Crippen molar-refractivity contribution in [1.82, 2.24) is 5.32 Å². The van der Waals surface area contributed by atoms with Crippen molar-refractivity contribution in [1.29, 1.82) is 0 Å². The van der Waals surface area contributed by atoms with E-state index < -0.39 is 5.97 Å². The van der Waals surface area contributed by atoms with E-state index in [4.69, 9.17) is 26.8 Å². The van der Waals surface area contributed by atoms with Crippen LogP contribution in [0.25, 0.3) is 0 Å². The molecule has 0 aliphatic carbocycles. The molecule has 2 rings (SSSR count). The minimum absolute atomic E-state index is 0.234. The van der Waals surface area contributed by atoms with E-state index in [2.05, 4.69) is 10.6 Å². The monoisotopic (exact) mass is 360 g/mol. The molecule has 132 valence electrons. The molecule has 0 unspecified atom stereocenters. The highest BCUT2D eigenvalue weighted by atomic mass is 32.1. The molecular weight excluding hydrogens is 340 g/mol. The number of carbonyl (C=O) groups is 1. The molecule has 0 aromatic heterocycles. The van der Waals surface area contributed by atoms with Crippen LogP contribution in [0.4, 0.5) is 5.69 Å². The maximum absolute atomic E-state index is 10.8. The molecule has 2 aromatic rings. The third kappa shape index (κ3) is 5.36. The standard InChI is InChI=1S/C18H20N2O4S/c1-23-15-8-3-12(11-16(15)24-2)9-10-19-18(25)20-14-6-4-13(5-7-14)17(21)22/h3-8,11H,9-10H2,1-2H3,(H,21,22)(H2,19,20,25). The molecule has 0 aliphatic rings. The van der Waals surface area contributed by atoms with E-state index in [1.807, 2.05) is 18.2 Å². The van der Waals surface area contributed by atoms with Gasteiger partial charge in [-0.1, -0.05) is 6.07 Å². The smallest absolute Gasteiger partial charge is 0.335 e. The molecule has 0 atom stereocenters. The molecule has 0 radical (unpaired) electrons. The second kappa shape index (κ2) is 8.89. The van der Waals surface area contributed by atoms with Gasteiger partial charge in [0, 0.05) is 12.2 Å². The van der Waals surface area contributed by atoms with Crippen molar-refractivity contribution >= 4 is 29.0 Å². The Morgan fingerprint density at radius 3 is 2.36 bits per heavy atom. The molecule has 2 aromatic carbocycles. The maximum Gasteiger partial charge on any atom is 0.335 e. The summed E-state index contributed by atoms with van der Waals surface area (Å²) in [6.07, 6.45) is 0.764. The van der Waals surface area contributed by atoms with E-state index in [0.29, 0.717) is 23.2 Å². The van der Waals surface area contributed by atoms with Crippen LogP contribution in [0.3, 0.4) is 0 Å². The first-order chi connectivity index (χ1) is 12.0. The molecule has 0 spiro atoms. The van der Waals surface area contributed by atoms with E-state index in [1.54, 1.807) is 26.4 Å². The quantitative estimate of drug-likeness (QED) is 0.655. The molecule has 0 heterocycles. The molecule has 6 nitrogen and oxygen atoms in total. The van der Waals surface area contributed by atoms with Crippen LogP contribution in [0, 0.1) is 0 Å². The van der Waals surface area contributed by atoms with Gasteiger partial charge in [0.25, 0.3) is 0 Å². The molecule has 0 amide bonds. The number of methoxy groups -OCH3 is 2. The summed E-state index contributed by atoms with van der Waals surface area (Å²) in [5.74, 6) is 0.433. The van der Waals surface area contributed by atoms with E-state index in [9.17, 15) is 4.79 Å². The van der Waals surface area contributed by atoms with E-state index in [1.165, 1.54) is 12.1 Å². The number of rotatable bonds is 7. The Bertz CT molecular complexity index is 747. The number of anilines is 1. The molecular formula is C18H20N2O4S. The minimum Gasteiger partial charge on any atom is -0.493 e. The van der Waals surface area contributed by atoms with Gasteiger partial charge in [0.05, 0.1) is 19.8 Å². The number of aromatic carboxylic acids is 1. The van der Waals surface area contributed by atoms with Crippen LogP contribution in [-0.2, 0) is 6.42 Å². The number of nitrogens with one attached hydrogen (secondary N) is 2. The van der Waals surface area contributed by atoms with Gasteiger partial charge in [-0.15, -0.1) is 0 Å². The Balaban J connectivity index is 1.83. The highest BCUT2D eigenvalue weighted by Crippen LogP contribution is 2.27. The number of benzene rings is 2. The molecule has 0 saturated heterocycles. The summed E-state index contributed by atoms with van der Waals surface area (Å²) in [7, 11) is 3.21. The van der Waals surface area contributed by atoms with Gasteiger partial charge in [-0.25, -0.2) is 4.79 Å². The second-order valence-electron chi connectivity index (χ2n) is 5.20. The number of hydrogen-bond acceptors (Lipinski definition) is 4. The average Bonchev–Trinajstić information content (AvgIpc) is 2.62. The van der Waals surface area contributed by atoms with Crippen LogP contribution in [0.2, 0.25) is 0 Å². The first-order valence-electron chi connectivity index (χ1n) is 7.62. The fourth-order valence-electron chi connectivity index (χ4n) is 2.23. The summed E-state index contributed by atoms with van der Waals surface area (Å²) in [5, 5.41) is 15.5. The molecule has 0 saturated carbocycles. The number of carboxylic acid groups (broad SMARTS) is 1. The molecule has 3 N–H and O–H groups in total. The van der Waals surface area contributed by atoms with Crippen molar-refractivity contribution in [3.05, 3.63) is 53.6 Å². The molecule has 7 heteroatoms. The van der Waals surface area contributed by atoms with Gasteiger partial charge in [0.1, 0.15) is 0 Å². The van der Waals surface area contributed by atoms with Gasteiger partial charge >= 0.3 is 5.97 Å². The summed E-state index contributed by atoms with van der Waals surface area (Å²) in [5.41, 5.74) is 2.06. The lowest BCUT2D eigenvalue weighted by Crippen LogP contribution is -2.30. The lowest BCUT2D eigenvalue weighted by Gasteiger charge is -2.12. The Morgan fingerprint density at radius 1 is 1.08 bits per heavy atom. The number of hydrogen-bond donors (Lipinski definition) is 3. The van der Waals surface area contributed by atoms with E-state index in [-0.39, 0.29) is 5.56 Å². The first-order valence-corrected chi connectivity index (χ1v) is 8.03. The van der Waals surface area contributed by atoms with Crippen molar-refractivity contribution in [2.75, 3.05) is 26.1 Å². The predicted molar refractivity (Wildman–Crippen MR) is 101 cm³/mol. The highest BCUT2D eigenvalue weighted by Gasteiger charge is 2.05. The molecule has 0 bridgehead atoms. The van der Waals surface area contributed by atoms with Crippen LogP contribution in [0.1, 0.15) is 15.9 Å². The van der Waals surface area contributed by atoms with E-state index in [0.717, 1.165) is 17.7 Å². The van der Waals surface area contributed by atoms with Crippen molar-refractivity contribution in [3.63, 3.8) is 0 Å². The molecule has 0 aliphatic heterocycles. The predicted octanol–water partition coefficient (Wildman–Crippen LogP) is 2.93. The summed E-state index contributed by atoms with van der Waals surface area (Å²) in [6, 6.07) is 12.2.